The Balaban J connectivity index is 2.38. The van der Waals surface area contributed by atoms with E-state index in [1.807, 2.05) is 6.92 Å². The number of amides is 1. The first-order valence-electron chi connectivity index (χ1n) is 5.31. The minimum Gasteiger partial charge on any atom is -0.475 e. The van der Waals surface area contributed by atoms with Crippen LogP contribution in [-0.4, -0.2) is 30.1 Å². The Morgan fingerprint density at radius 3 is 2.65 bits per heavy atom. The van der Waals surface area contributed by atoms with E-state index >= 15 is 0 Å². The third kappa shape index (κ3) is 4.28. The van der Waals surface area contributed by atoms with Crippen molar-refractivity contribution in [3.05, 3.63) is 23.7 Å². The van der Waals surface area contributed by atoms with Gasteiger partial charge in [0.15, 0.2) is 0 Å². The third-order valence-corrected chi connectivity index (χ3v) is 2.21. The Kier molecular flexibility index (Phi) is 4.71. The molecule has 6 nitrogen and oxygen atoms in total. The van der Waals surface area contributed by atoms with Gasteiger partial charge in [-0.3, -0.25) is 4.79 Å². The molecule has 0 aliphatic carbocycles. The molecule has 0 aliphatic heterocycles. The lowest BCUT2D eigenvalue weighted by molar-refractivity contribution is -0.118. The van der Waals surface area contributed by atoms with Gasteiger partial charge in [0, 0.05) is 20.0 Å². The summed E-state index contributed by atoms with van der Waals surface area (Å²) in [4.78, 5) is 21.2. The van der Waals surface area contributed by atoms with E-state index in [1.165, 1.54) is 13.0 Å². The van der Waals surface area contributed by atoms with Gasteiger partial charge in [0.2, 0.25) is 11.7 Å². The van der Waals surface area contributed by atoms with Crippen molar-refractivity contribution in [1.82, 2.24) is 10.6 Å². The lowest BCUT2D eigenvalue weighted by atomic mass is 10.2. The molecule has 0 fully saturated rings. The summed E-state index contributed by atoms with van der Waals surface area (Å²) < 4.78 is 5.14. The molecular weight excluding hydrogens is 224 g/mol. The van der Waals surface area contributed by atoms with Crippen molar-refractivity contribution in [3.8, 4) is 0 Å². The average Bonchev–Trinajstić information content (AvgIpc) is 2.73. The maximum atomic E-state index is 10.6. The van der Waals surface area contributed by atoms with Gasteiger partial charge in [-0.1, -0.05) is 0 Å². The normalized spacial score (nSPS) is 12.1. The number of aromatic carboxylic acids is 1. The zero-order chi connectivity index (χ0) is 12.8. The summed E-state index contributed by atoms with van der Waals surface area (Å²) >= 11 is 0. The number of carbonyl (C=O) groups is 2. The van der Waals surface area contributed by atoms with Crippen molar-refractivity contribution in [2.24, 2.45) is 0 Å². The Morgan fingerprint density at radius 1 is 1.41 bits per heavy atom. The summed E-state index contributed by atoms with van der Waals surface area (Å²) in [7, 11) is 0. The van der Waals surface area contributed by atoms with Crippen LogP contribution in [0.2, 0.25) is 0 Å². The zero-order valence-corrected chi connectivity index (χ0v) is 9.82. The van der Waals surface area contributed by atoms with Crippen molar-refractivity contribution in [2.75, 3.05) is 13.1 Å². The molecule has 94 valence electrons. The van der Waals surface area contributed by atoms with E-state index in [0.717, 1.165) is 0 Å². The number of furan rings is 1. The fraction of sp³-hybridized carbons (Fsp3) is 0.455. The molecule has 1 unspecified atom stereocenters. The standard InChI is InChI=1S/C11H16N2O4/c1-7(12-5-6-13-8(2)14)9-3-4-10(17-9)11(15)16/h3-4,7,12H,5-6H2,1-2H3,(H,13,14)(H,15,16). The highest BCUT2D eigenvalue weighted by Crippen LogP contribution is 2.15. The van der Waals surface area contributed by atoms with E-state index < -0.39 is 5.97 Å². The van der Waals surface area contributed by atoms with Crippen molar-refractivity contribution in [2.45, 2.75) is 19.9 Å². The van der Waals surface area contributed by atoms with Crippen LogP contribution in [0.15, 0.2) is 16.5 Å². The Morgan fingerprint density at radius 2 is 2.12 bits per heavy atom. The second-order valence-corrected chi connectivity index (χ2v) is 3.67. The van der Waals surface area contributed by atoms with Gasteiger partial charge in [-0.25, -0.2) is 4.79 Å². The fourth-order valence-electron chi connectivity index (χ4n) is 1.33. The van der Waals surface area contributed by atoms with Gasteiger partial charge in [0.05, 0.1) is 6.04 Å². The molecule has 0 radical (unpaired) electrons. The third-order valence-electron chi connectivity index (χ3n) is 2.21. The first-order valence-corrected chi connectivity index (χ1v) is 5.31. The molecule has 0 spiro atoms. The van der Waals surface area contributed by atoms with Crippen molar-refractivity contribution >= 4 is 11.9 Å². The molecule has 1 aromatic rings. The summed E-state index contributed by atoms with van der Waals surface area (Å²) in [6.45, 7) is 4.42. The van der Waals surface area contributed by atoms with Crippen LogP contribution in [0, 0.1) is 0 Å². The summed E-state index contributed by atoms with van der Waals surface area (Å²) in [5.41, 5.74) is 0. The first kappa shape index (κ1) is 13.2. The van der Waals surface area contributed by atoms with Gasteiger partial charge >= 0.3 is 5.97 Å². The lowest BCUT2D eigenvalue weighted by Gasteiger charge is -2.11. The summed E-state index contributed by atoms with van der Waals surface area (Å²) in [6, 6.07) is 2.94. The first-order chi connectivity index (χ1) is 8.00. The zero-order valence-electron chi connectivity index (χ0n) is 9.82. The van der Waals surface area contributed by atoms with E-state index in [1.54, 1.807) is 6.07 Å². The molecule has 0 bridgehead atoms. The van der Waals surface area contributed by atoms with Crippen molar-refractivity contribution < 1.29 is 19.1 Å². The van der Waals surface area contributed by atoms with Crippen LogP contribution in [0.1, 0.15) is 36.2 Å². The maximum Gasteiger partial charge on any atom is 0.371 e. The Hall–Kier alpha value is -1.82. The van der Waals surface area contributed by atoms with Gasteiger partial charge in [0.25, 0.3) is 0 Å². The maximum absolute atomic E-state index is 10.6. The monoisotopic (exact) mass is 240 g/mol. The Labute approximate surface area is 99.0 Å². The van der Waals surface area contributed by atoms with Gasteiger partial charge < -0.3 is 20.2 Å². The molecule has 1 aromatic heterocycles. The van der Waals surface area contributed by atoms with Crippen LogP contribution < -0.4 is 10.6 Å². The van der Waals surface area contributed by atoms with E-state index in [-0.39, 0.29) is 17.7 Å². The second-order valence-electron chi connectivity index (χ2n) is 3.67. The Bertz CT molecular complexity index is 400. The van der Waals surface area contributed by atoms with Crippen LogP contribution >= 0.6 is 0 Å². The number of rotatable bonds is 6. The molecule has 0 saturated carbocycles. The molecule has 6 heteroatoms. The summed E-state index contributed by atoms with van der Waals surface area (Å²) in [6.07, 6.45) is 0. The number of carboxylic acids is 1. The highest BCUT2D eigenvalue weighted by atomic mass is 16.4. The topological polar surface area (TPSA) is 91.6 Å². The highest BCUT2D eigenvalue weighted by Gasteiger charge is 2.13. The molecule has 1 rings (SSSR count). The predicted octanol–water partition coefficient (Wildman–Crippen LogP) is 0.764. The molecule has 0 aromatic carbocycles. The number of hydrogen-bond acceptors (Lipinski definition) is 4. The van der Waals surface area contributed by atoms with Crippen LogP contribution in [-0.2, 0) is 4.79 Å². The number of hydrogen-bond donors (Lipinski definition) is 3. The molecule has 17 heavy (non-hydrogen) atoms. The van der Waals surface area contributed by atoms with Crippen molar-refractivity contribution in [1.29, 1.82) is 0 Å². The average molecular weight is 240 g/mol. The molecule has 0 aliphatic rings. The fourth-order valence-corrected chi connectivity index (χ4v) is 1.33. The van der Waals surface area contributed by atoms with Crippen LogP contribution in [0.3, 0.4) is 0 Å². The largest absolute Gasteiger partial charge is 0.475 e. The molecule has 1 atom stereocenters. The molecule has 0 saturated heterocycles. The van der Waals surface area contributed by atoms with Crippen LogP contribution in [0.25, 0.3) is 0 Å². The van der Waals surface area contributed by atoms with Gasteiger partial charge in [-0.05, 0) is 19.1 Å². The quantitative estimate of drug-likeness (QED) is 0.639. The molecule has 1 heterocycles. The minimum atomic E-state index is -1.08. The summed E-state index contributed by atoms with van der Waals surface area (Å²) in [5, 5.41) is 14.4. The molecule has 3 N–H and O–H groups in total. The second kappa shape index (κ2) is 6.05. The van der Waals surface area contributed by atoms with E-state index in [9.17, 15) is 9.59 Å². The predicted molar refractivity (Wildman–Crippen MR) is 60.8 cm³/mol. The van der Waals surface area contributed by atoms with Crippen molar-refractivity contribution in [3.63, 3.8) is 0 Å². The molecular formula is C11H16N2O4. The summed E-state index contributed by atoms with van der Waals surface area (Å²) in [5.74, 6) is -0.673. The smallest absolute Gasteiger partial charge is 0.371 e. The van der Waals surface area contributed by atoms with Crippen LogP contribution in [0.4, 0.5) is 0 Å². The van der Waals surface area contributed by atoms with Gasteiger partial charge in [-0.15, -0.1) is 0 Å². The van der Waals surface area contributed by atoms with Gasteiger partial charge in [0.1, 0.15) is 5.76 Å². The highest BCUT2D eigenvalue weighted by molar-refractivity contribution is 5.84. The van der Waals surface area contributed by atoms with Gasteiger partial charge in [-0.2, -0.15) is 0 Å². The SMILES string of the molecule is CC(=O)NCCNC(C)c1ccc(C(=O)O)o1. The lowest BCUT2D eigenvalue weighted by Crippen LogP contribution is -2.31. The number of carboxylic acid groups (broad SMARTS) is 1. The molecule has 1 amide bonds. The van der Waals surface area contributed by atoms with E-state index in [4.69, 9.17) is 9.52 Å². The number of carbonyl (C=O) groups excluding carboxylic acids is 1. The van der Waals surface area contributed by atoms with E-state index in [2.05, 4.69) is 10.6 Å². The van der Waals surface area contributed by atoms with Crippen LogP contribution in [0.5, 0.6) is 0 Å². The van der Waals surface area contributed by atoms with E-state index in [0.29, 0.717) is 18.8 Å². The minimum absolute atomic E-state index is 0.0736. The number of nitrogens with one attached hydrogen (secondary N) is 2.